The van der Waals surface area contributed by atoms with Crippen LogP contribution in [0.2, 0.25) is 0 Å². The number of rotatable bonds is 5. The summed E-state index contributed by atoms with van der Waals surface area (Å²) in [5, 5.41) is 17.7. The Morgan fingerprint density at radius 2 is 1.80 bits per heavy atom. The second-order valence-electron chi connectivity index (χ2n) is 7.98. The lowest BCUT2D eigenvalue weighted by molar-refractivity contribution is 0.452. The minimum absolute atomic E-state index is 0.0135. The molecule has 0 unspecified atom stereocenters. The van der Waals surface area contributed by atoms with Crippen LogP contribution in [0.15, 0.2) is 93.7 Å². The third-order valence-electron chi connectivity index (χ3n) is 5.75. The fourth-order valence-corrected chi connectivity index (χ4v) is 4.88. The van der Waals surface area contributed by atoms with Crippen molar-refractivity contribution in [2.45, 2.75) is 11.4 Å². The number of para-hydroxylation sites is 1. The molecule has 0 saturated heterocycles. The molecular weight excluding hydrogens is 464 g/mol. The number of benzene rings is 3. The lowest BCUT2D eigenvalue weighted by Gasteiger charge is -2.10. The van der Waals surface area contributed by atoms with Crippen molar-refractivity contribution in [1.29, 1.82) is 0 Å². The zero-order chi connectivity index (χ0) is 24.6. The highest BCUT2D eigenvalue weighted by Crippen LogP contribution is 2.31. The second kappa shape index (κ2) is 8.79. The number of nitrogens with two attached hydrogens (primary N) is 1. The number of nitrogens with one attached hydrogen (secondary N) is 1. The van der Waals surface area contributed by atoms with Crippen molar-refractivity contribution < 1.29 is 13.5 Å². The molecule has 0 bridgehead atoms. The second-order valence-corrected chi connectivity index (χ2v) is 9.51. The molecule has 0 atom stereocenters. The lowest BCUT2D eigenvalue weighted by atomic mass is 9.98. The third-order valence-corrected chi connectivity index (χ3v) is 6.76. The number of pyridine rings is 2. The van der Waals surface area contributed by atoms with Crippen molar-refractivity contribution in [2.24, 2.45) is 10.1 Å². The number of aromatic hydroxyl groups is 1. The first kappa shape index (κ1) is 22.5. The lowest BCUT2D eigenvalue weighted by Crippen LogP contribution is -2.14. The maximum atomic E-state index is 12.5. The zero-order valence-corrected chi connectivity index (χ0v) is 19.2. The van der Waals surface area contributed by atoms with Crippen LogP contribution in [0, 0.1) is 0 Å². The molecule has 5 aromatic rings. The topological polar surface area (TPSA) is 138 Å². The molecule has 0 amide bonds. The van der Waals surface area contributed by atoms with E-state index < -0.39 is 15.6 Å². The van der Waals surface area contributed by atoms with E-state index >= 15 is 0 Å². The number of sulfonamides is 1. The Labute approximate surface area is 200 Å². The van der Waals surface area contributed by atoms with E-state index in [2.05, 4.69) is 15.0 Å². The summed E-state index contributed by atoms with van der Waals surface area (Å²) in [4.78, 5) is 23.8. The minimum atomic E-state index is -3.91. The predicted molar refractivity (Wildman–Crippen MR) is 136 cm³/mol. The van der Waals surface area contributed by atoms with E-state index in [9.17, 15) is 18.3 Å². The highest BCUT2D eigenvalue weighted by Gasteiger charge is 2.14. The molecule has 174 valence electrons. The first-order valence-electron chi connectivity index (χ1n) is 10.7. The van der Waals surface area contributed by atoms with Crippen LogP contribution in [0.4, 0.5) is 0 Å². The Morgan fingerprint density at radius 1 is 1.00 bits per heavy atom. The van der Waals surface area contributed by atoms with Gasteiger partial charge in [-0.3, -0.25) is 19.8 Å². The van der Waals surface area contributed by atoms with Crippen LogP contribution in [-0.4, -0.2) is 29.7 Å². The summed E-state index contributed by atoms with van der Waals surface area (Å²) in [5.41, 5.74) is 2.82. The van der Waals surface area contributed by atoms with Gasteiger partial charge >= 0.3 is 0 Å². The van der Waals surface area contributed by atoms with E-state index in [-0.39, 0.29) is 17.3 Å². The van der Waals surface area contributed by atoms with Gasteiger partial charge in [0.25, 0.3) is 5.56 Å². The van der Waals surface area contributed by atoms with E-state index in [1.54, 1.807) is 30.5 Å². The standard InChI is InChI=1S/C26H20N4O4S/c27-35(33,34)23-9-2-1-5-18(23)14-28-15-22-21-13-17(10-11-20(21)25(31)30-26(22)32)19-8-3-6-16-7-4-12-29-24(16)19/h1-13,15H,14H2,(H2,27,33,34)(H2,30,31,32). The Bertz CT molecular complexity index is 1790. The number of hydrogen-bond donors (Lipinski definition) is 3. The van der Waals surface area contributed by atoms with E-state index in [0.717, 1.165) is 22.0 Å². The van der Waals surface area contributed by atoms with Crippen LogP contribution in [-0.2, 0) is 16.6 Å². The van der Waals surface area contributed by atoms with Crippen molar-refractivity contribution in [3.8, 4) is 17.0 Å². The number of hydrogen-bond acceptors (Lipinski definition) is 6. The number of fused-ring (bicyclic) bond motifs is 2. The van der Waals surface area contributed by atoms with Gasteiger partial charge in [-0.15, -0.1) is 0 Å². The number of H-pyrrole nitrogens is 1. The Balaban J connectivity index is 1.62. The molecule has 0 aliphatic rings. The molecule has 5 rings (SSSR count). The molecule has 3 aromatic carbocycles. The van der Waals surface area contributed by atoms with Crippen molar-refractivity contribution in [1.82, 2.24) is 9.97 Å². The predicted octanol–water partition coefficient (Wildman–Crippen LogP) is 3.72. The molecule has 4 N–H and O–H groups in total. The van der Waals surface area contributed by atoms with E-state index in [1.807, 2.05) is 42.5 Å². The van der Waals surface area contributed by atoms with E-state index in [0.29, 0.717) is 21.9 Å². The molecule has 2 heterocycles. The van der Waals surface area contributed by atoms with E-state index in [4.69, 9.17) is 5.14 Å². The summed E-state index contributed by atoms with van der Waals surface area (Å²) >= 11 is 0. The number of primary sulfonamides is 1. The molecular formula is C26H20N4O4S. The first-order chi connectivity index (χ1) is 16.8. The van der Waals surface area contributed by atoms with Crippen LogP contribution in [0.3, 0.4) is 0 Å². The van der Waals surface area contributed by atoms with Crippen LogP contribution >= 0.6 is 0 Å². The molecule has 8 nitrogen and oxygen atoms in total. The van der Waals surface area contributed by atoms with Crippen molar-refractivity contribution in [3.63, 3.8) is 0 Å². The van der Waals surface area contributed by atoms with Gasteiger partial charge in [-0.05, 0) is 35.4 Å². The van der Waals surface area contributed by atoms with Gasteiger partial charge in [0.1, 0.15) is 0 Å². The van der Waals surface area contributed by atoms with Crippen LogP contribution in [0.1, 0.15) is 11.1 Å². The molecule has 0 aliphatic heterocycles. The monoisotopic (exact) mass is 484 g/mol. The van der Waals surface area contributed by atoms with Gasteiger partial charge in [-0.1, -0.05) is 48.5 Å². The van der Waals surface area contributed by atoms with Gasteiger partial charge in [-0.2, -0.15) is 0 Å². The summed E-state index contributed by atoms with van der Waals surface area (Å²) < 4.78 is 23.7. The molecule has 0 radical (unpaired) electrons. The summed E-state index contributed by atoms with van der Waals surface area (Å²) in [7, 11) is -3.91. The van der Waals surface area contributed by atoms with Crippen LogP contribution in [0.5, 0.6) is 5.88 Å². The number of aliphatic imine (C=N–C) groups is 1. The van der Waals surface area contributed by atoms with Gasteiger partial charge in [-0.25, -0.2) is 13.6 Å². The normalized spacial score (nSPS) is 12.0. The average molecular weight is 485 g/mol. The Kier molecular flexibility index (Phi) is 5.64. The summed E-state index contributed by atoms with van der Waals surface area (Å²) in [6.45, 7) is 0.0135. The quantitative estimate of drug-likeness (QED) is 0.326. The SMILES string of the molecule is NS(=O)(=O)c1ccccc1CN=Cc1c(O)[nH]c(=O)c2ccc(-c3cccc4cccnc34)cc12. The average Bonchev–Trinajstić information content (AvgIpc) is 2.85. The number of aromatic amines is 1. The molecule has 0 aliphatic carbocycles. The summed E-state index contributed by atoms with van der Waals surface area (Å²) in [6.07, 6.45) is 3.14. The molecule has 0 saturated carbocycles. The Hall–Kier alpha value is -4.34. The van der Waals surface area contributed by atoms with Crippen molar-refractivity contribution in [3.05, 3.63) is 100 Å². The van der Waals surface area contributed by atoms with Crippen LogP contribution in [0.25, 0.3) is 32.8 Å². The highest BCUT2D eigenvalue weighted by atomic mass is 32.2. The van der Waals surface area contributed by atoms with Gasteiger partial charge in [0.15, 0.2) is 0 Å². The van der Waals surface area contributed by atoms with Crippen molar-refractivity contribution in [2.75, 3.05) is 0 Å². The molecule has 35 heavy (non-hydrogen) atoms. The fourth-order valence-electron chi connectivity index (χ4n) is 4.12. The fraction of sp³-hybridized carbons (Fsp3) is 0.0385. The first-order valence-corrected chi connectivity index (χ1v) is 12.2. The van der Waals surface area contributed by atoms with Gasteiger partial charge in [0.2, 0.25) is 15.9 Å². The number of aromatic nitrogens is 2. The zero-order valence-electron chi connectivity index (χ0n) is 18.3. The smallest absolute Gasteiger partial charge is 0.258 e. The summed E-state index contributed by atoms with van der Waals surface area (Å²) in [6, 6.07) is 21.3. The maximum Gasteiger partial charge on any atom is 0.258 e. The van der Waals surface area contributed by atoms with Crippen molar-refractivity contribution >= 4 is 37.9 Å². The van der Waals surface area contributed by atoms with Gasteiger partial charge < -0.3 is 5.11 Å². The van der Waals surface area contributed by atoms with Crippen LogP contribution < -0.4 is 10.7 Å². The van der Waals surface area contributed by atoms with E-state index in [1.165, 1.54) is 12.3 Å². The largest absolute Gasteiger partial charge is 0.494 e. The Morgan fingerprint density at radius 3 is 2.63 bits per heavy atom. The molecule has 2 aromatic heterocycles. The maximum absolute atomic E-state index is 12.5. The van der Waals surface area contributed by atoms with Gasteiger partial charge in [0.05, 0.1) is 22.5 Å². The summed E-state index contributed by atoms with van der Waals surface area (Å²) in [5.74, 6) is -0.334. The minimum Gasteiger partial charge on any atom is -0.494 e. The molecule has 0 fully saturated rings. The molecule has 9 heteroatoms. The van der Waals surface area contributed by atoms with Gasteiger partial charge in [0, 0.05) is 34.1 Å². The number of nitrogens with zero attached hydrogens (tertiary/aromatic N) is 2. The molecule has 0 spiro atoms. The third kappa shape index (κ3) is 4.30. The highest BCUT2D eigenvalue weighted by molar-refractivity contribution is 7.89.